The van der Waals surface area contributed by atoms with Gasteiger partial charge in [0.2, 0.25) is 0 Å². The zero-order valence-electron chi connectivity index (χ0n) is 15.0. The highest BCUT2D eigenvalue weighted by molar-refractivity contribution is 7.12. The highest BCUT2D eigenvalue weighted by atomic mass is 32.1. The second-order valence-corrected chi connectivity index (χ2v) is 7.00. The van der Waals surface area contributed by atoms with Gasteiger partial charge in [0.15, 0.2) is 0 Å². The van der Waals surface area contributed by atoms with Crippen molar-refractivity contribution in [2.45, 2.75) is 0 Å². The molecule has 4 rings (SSSR count). The van der Waals surface area contributed by atoms with E-state index in [0.29, 0.717) is 27.7 Å². The Morgan fingerprint density at radius 1 is 0.862 bits per heavy atom. The first-order chi connectivity index (χ1) is 14.1. The van der Waals surface area contributed by atoms with E-state index in [2.05, 4.69) is 15.6 Å². The molecule has 0 spiro atoms. The molecule has 1 aromatic carbocycles. The van der Waals surface area contributed by atoms with Crippen molar-refractivity contribution in [3.05, 3.63) is 93.1 Å². The van der Waals surface area contributed by atoms with Gasteiger partial charge in [-0.2, -0.15) is 0 Å². The summed E-state index contributed by atoms with van der Waals surface area (Å²) in [7, 11) is 0. The molecule has 2 amide bonds. The van der Waals surface area contributed by atoms with Crippen molar-refractivity contribution in [1.82, 2.24) is 4.98 Å². The minimum atomic E-state index is -0.535. The molecule has 29 heavy (non-hydrogen) atoms. The van der Waals surface area contributed by atoms with Gasteiger partial charge < -0.3 is 20.0 Å². The predicted molar refractivity (Wildman–Crippen MR) is 111 cm³/mol. The van der Waals surface area contributed by atoms with Crippen LogP contribution in [-0.2, 0) is 0 Å². The van der Waals surface area contributed by atoms with E-state index < -0.39 is 11.5 Å². The van der Waals surface area contributed by atoms with Crippen LogP contribution in [0.1, 0.15) is 20.0 Å². The molecule has 0 bridgehead atoms. The molecule has 0 saturated carbocycles. The standard InChI is InChI=1S/C21H15N3O4S/c25-19(15-9-10-16(24-20(15)26)17-3-1-11-28-17)22-13-5-7-14(8-6-13)23-21(27)18-4-2-12-29-18/h1-12H,(H,22,25)(H,23,27)(H,24,26). The summed E-state index contributed by atoms with van der Waals surface area (Å²) in [6.45, 7) is 0. The van der Waals surface area contributed by atoms with Crippen LogP contribution in [0.4, 0.5) is 11.4 Å². The molecule has 0 fully saturated rings. The smallest absolute Gasteiger partial charge is 0.265 e. The molecule has 0 aliphatic heterocycles. The SMILES string of the molecule is O=C(Nc1ccc(NC(=O)c2ccc(-c3ccco3)[nH]c2=O)cc1)c1cccs1. The molecule has 0 saturated heterocycles. The monoisotopic (exact) mass is 405 g/mol. The molecule has 144 valence electrons. The fourth-order valence-corrected chi connectivity index (χ4v) is 3.28. The topological polar surface area (TPSA) is 104 Å². The van der Waals surface area contributed by atoms with Gasteiger partial charge >= 0.3 is 0 Å². The lowest BCUT2D eigenvalue weighted by Crippen LogP contribution is -2.23. The first-order valence-corrected chi connectivity index (χ1v) is 9.51. The van der Waals surface area contributed by atoms with Gasteiger partial charge in [-0.25, -0.2) is 0 Å². The van der Waals surface area contributed by atoms with Crippen LogP contribution < -0.4 is 16.2 Å². The largest absolute Gasteiger partial charge is 0.463 e. The van der Waals surface area contributed by atoms with Crippen LogP contribution >= 0.6 is 11.3 Å². The van der Waals surface area contributed by atoms with E-state index in [1.54, 1.807) is 54.6 Å². The number of thiophene rings is 1. The molecule has 0 aliphatic rings. The summed E-state index contributed by atoms with van der Waals surface area (Å²) in [5.41, 5.74) is 1.05. The van der Waals surface area contributed by atoms with Crippen molar-refractivity contribution >= 4 is 34.5 Å². The van der Waals surface area contributed by atoms with Gasteiger partial charge in [-0.15, -0.1) is 11.3 Å². The summed E-state index contributed by atoms with van der Waals surface area (Å²) in [6.07, 6.45) is 1.50. The van der Waals surface area contributed by atoms with Crippen LogP contribution in [0.3, 0.4) is 0 Å². The van der Waals surface area contributed by atoms with Gasteiger partial charge in [0.05, 0.1) is 16.8 Å². The number of nitrogens with one attached hydrogen (secondary N) is 3. The number of carbonyl (C=O) groups excluding carboxylic acids is 2. The number of rotatable bonds is 5. The molecule has 7 nitrogen and oxygen atoms in total. The van der Waals surface area contributed by atoms with Crippen LogP contribution in [0.5, 0.6) is 0 Å². The lowest BCUT2D eigenvalue weighted by atomic mass is 10.2. The Hall–Kier alpha value is -3.91. The fourth-order valence-electron chi connectivity index (χ4n) is 2.66. The quantitative estimate of drug-likeness (QED) is 0.463. The van der Waals surface area contributed by atoms with Crippen molar-refractivity contribution in [3.8, 4) is 11.5 Å². The highest BCUT2D eigenvalue weighted by Gasteiger charge is 2.13. The molecule has 4 aromatic rings. The van der Waals surface area contributed by atoms with Crippen LogP contribution in [0, 0.1) is 0 Å². The maximum absolute atomic E-state index is 12.4. The van der Waals surface area contributed by atoms with E-state index in [1.165, 1.54) is 23.7 Å². The maximum Gasteiger partial charge on any atom is 0.265 e. The third-order valence-electron chi connectivity index (χ3n) is 4.09. The van der Waals surface area contributed by atoms with E-state index in [4.69, 9.17) is 4.42 Å². The first kappa shape index (κ1) is 18.5. The fraction of sp³-hybridized carbons (Fsp3) is 0. The summed E-state index contributed by atoms with van der Waals surface area (Å²) in [4.78, 5) is 40.0. The summed E-state index contributed by atoms with van der Waals surface area (Å²) in [5.74, 6) is -0.221. The number of anilines is 2. The summed E-state index contributed by atoms with van der Waals surface area (Å²) < 4.78 is 5.23. The molecule has 0 aliphatic carbocycles. The maximum atomic E-state index is 12.4. The van der Waals surface area contributed by atoms with E-state index >= 15 is 0 Å². The number of carbonyl (C=O) groups is 2. The average molecular weight is 405 g/mol. The highest BCUT2D eigenvalue weighted by Crippen LogP contribution is 2.18. The van der Waals surface area contributed by atoms with Crippen LogP contribution in [-0.4, -0.2) is 16.8 Å². The van der Waals surface area contributed by atoms with Crippen molar-refractivity contribution < 1.29 is 14.0 Å². The number of pyridine rings is 1. The third kappa shape index (κ3) is 4.17. The lowest BCUT2D eigenvalue weighted by molar-refractivity contribution is 0.101. The van der Waals surface area contributed by atoms with Gasteiger partial charge in [0.25, 0.3) is 17.4 Å². The lowest BCUT2D eigenvalue weighted by Gasteiger charge is -2.08. The molecule has 0 atom stereocenters. The zero-order chi connectivity index (χ0) is 20.2. The third-order valence-corrected chi connectivity index (χ3v) is 4.95. The number of amides is 2. The Balaban J connectivity index is 1.43. The Labute approximate surface area is 169 Å². The Morgan fingerprint density at radius 2 is 1.59 bits per heavy atom. The molecular weight excluding hydrogens is 390 g/mol. The van der Waals surface area contributed by atoms with Crippen molar-refractivity contribution in [1.29, 1.82) is 0 Å². The second kappa shape index (κ2) is 7.99. The van der Waals surface area contributed by atoms with Gasteiger partial charge in [-0.1, -0.05) is 6.07 Å². The van der Waals surface area contributed by atoms with Crippen molar-refractivity contribution in [3.63, 3.8) is 0 Å². The Morgan fingerprint density at radius 3 is 2.17 bits per heavy atom. The van der Waals surface area contributed by atoms with E-state index in [0.717, 1.165) is 0 Å². The number of aromatic amines is 1. The predicted octanol–water partition coefficient (Wildman–Crippen LogP) is 4.20. The zero-order valence-corrected chi connectivity index (χ0v) is 15.8. The van der Waals surface area contributed by atoms with E-state index in [-0.39, 0.29) is 11.5 Å². The minimum Gasteiger partial charge on any atom is -0.463 e. The number of aromatic nitrogens is 1. The number of hydrogen-bond donors (Lipinski definition) is 3. The van der Waals surface area contributed by atoms with Crippen LogP contribution in [0.15, 0.2) is 81.5 Å². The average Bonchev–Trinajstić information content (AvgIpc) is 3.43. The first-order valence-electron chi connectivity index (χ1n) is 8.63. The van der Waals surface area contributed by atoms with Gasteiger partial charge in [0, 0.05) is 11.4 Å². The number of H-pyrrole nitrogens is 1. The van der Waals surface area contributed by atoms with E-state index in [1.807, 2.05) is 5.38 Å². The summed E-state index contributed by atoms with van der Waals surface area (Å²) in [5, 5.41) is 7.28. The molecule has 3 aromatic heterocycles. The van der Waals surface area contributed by atoms with Crippen molar-refractivity contribution in [2.75, 3.05) is 10.6 Å². The summed E-state index contributed by atoms with van der Waals surface area (Å²) in [6, 6.07) is 16.7. The minimum absolute atomic E-state index is 0.0182. The Bertz CT molecular complexity index is 1190. The number of furan rings is 1. The summed E-state index contributed by atoms with van der Waals surface area (Å²) >= 11 is 1.35. The molecule has 3 N–H and O–H groups in total. The molecule has 0 unspecified atom stereocenters. The van der Waals surface area contributed by atoms with Gasteiger partial charge in [0.1, 0.15) is 11.3 Å². The number of benzene rings is 1. The molecule has 3 heterocycles. The Kier molecular flexibility index (Phi) is 5.08. The van der Waals surface area contributed by atoms with Gasteiger partial charge in [-0.05, 0) is 60.0 Å². The molecule has 8 heteroatoms. The van der Waals surface area contributed by atoms with Crippen LogP contribution in [0.25, 0.3) is 11.5 Å². The van der Waals surface area contributed by atoms with Gasteiger partial charge in [-0.3, -0.25) is 14.4 Å². The van der Waals surface area contributed by atoms with E-state index in [9.17, 15) is 14.4 Å². The second-order valence-electron chi connectivity index (χ2n) is 6.06. The van der Waals surface area contributed by atoms with Crippen LogP contribution in [0.2, 0.25) is 0 Å². The number of hydrogen-bond acceptors (Lipinski definition) is 5. The van der Waals surface area contributed by atoms with Crippen molar-refractivity contribution in [2.24, 2.45) is 0 Å². The molecular formula is C21H15N3O4S. The molecule has 0 radical (unpaired) electrons. The normalized spacial score (nSPS) is 10.5.